The van der Waals surface area contributed by atoms with Gasteiger partial charge in [0.1, 0.15) is 0 Å². The summed E-state index contributed by atoms with van der Waals surface area (Å²) < 4.78 is 0. The van der Waals surface area contributed by atoms with E-state index in [2.05, 4.69) is 0 Å². The van der Waals surface area contributed by atoms with Crippen LogP contribution in [-0.4, -0.2) is 29.8 Å². The van der Waals surface area contributed by atoms with Gasteiger partial charge >= 0.3 is 0 Å². The molecule has 4 heteroatoms. The zero-order valence-electron chi connectivity index (χ0n) is 7.53. The molecule has 72 valence electrons. The number of imide groups is 1. The largest absolute Gasteiger partial charge is 0.330 e. The van der Waals surface area contributed by atoms with Crippen LogP contribution in [0.2, 0.25) is 0 Å². The molecule has 1 aliphatic heterocycles. The predicted octanol–water partition coefficient (Wildman–Crippen LogP) is -0.270. The van der Waals surface area contributed by atoms with Crippen LogP contribution >= 0.6 is 0 Å². The van der Waals surface area contributed by atoms with Gasteiger partial charge in [-0.3, -0.25) is 14.5 Å². The fourth-order valence-electron chi connectivity index (χ4n) is 1.88. The van der Waals surface area contributed by atoms with Crippen molar-refractivity contribution in [3.8, 4) is 0 Å². The number of fused-ring (bicyclic) bond motifs is 1. The van der Waals surface area contributed by atoms with Crippen LogP contribution in [0, 0.1) is 11.8 Å². The van der Waals surface area contributed by atoms with Gasteiger partial charge in [0.15, 0.2) is 0 Å². The normalized spacial score (nSPS) is 31.0. The molecule has 1 saturated heterocycles. The third-order valence-electron chi connectivity index (χ3n) is 2.79. The average molecular weight is 182 g/mol. The predicted molar refractivity (Wildman–Crippen MR) is 46.6 cm³/mol. The van der Waals surface area contributed by atoms with E-state index in [1.54, 1.807) is 0 Å². The molecule has 1 saturated carbocycles. The zero-order valence-corrected chi connectivity index (χ0v) is 7.53. The Kier molecular flexibility index (Phi) is 2.07. The molecule has 0 aromatic heterocycles. The highest BCUT2D eigenvalue weighted by Crippen LogP contribution is 2.46. The van der Waals surface area contributed by atoms with E-state index in [0.717, 1.165) is 19.3 Å². The number of likely N-dealkylation sites (tertiary alicyclic amines) is 1. The Hall–Kier alpha value is -0.900. The van der Waals surface area contributed by atoms with E-state index in [9.17, 15) is 9.59 Å². The number of hydrogen-bond acceptors (Lipinski definition) is 3. The van der Waals surface area contributed by atoms with Gasteiger partial charge in [-0.1, -0.05) is 0 Å². The van der Waals surface area contributed by atoms with E-state index in [4.69, 9.17) is 5.73 Å². The van der Waals surface area contributed by atoms with E-state index in [0.29, 0.717) is 13.1 Å². The Labute approximate surface area is 77.1 Å². The topological polar surface area (TPSA) is 63.4 Å². The number of carbonyl (C=O) groups excluding carboxylic acids is 2. The standard InChI is InChI=1S/C9H14N2O2/c10-3-1-2-4-11-8(12)6-5-7(6)9(11)13/h6-7H,1-5,10H2. The van der Waals surface area contributed by atoms with Crippen LogP contribution in [0.25, 0.3) is 0 Å². The van der Waals surface area contributed by atoms with Gasteiger partial charge in [0.25, 0.3) is 0 Å². The van der Waals surface area contributed by atoms with Gasteiger partial charge < -0.3 is 5.73 Å². The van der Waals surface area contributed by atoms with E-state index in [1.165, 1.54) is 4.90 Å². The van der Waals surface area contributed by atoms with Crippen molar-refractivity contribution in [3.05, 3.63) is 0 Å². The van der Waals surface area contributed by atoms with Crippen LogP contribution in [0.4, 0.5) is 0 Å². The monoisotopic (exact) mass is 182 g/mol. The molecule has 2 rings (SSSR count). The molecule has 0 radical (unpaired) electrons. The van der Waals surface area contributed by atoms with Crippen LogP contribution in [0.3, 0.4) is 0 Å². The van der Waals surface area contributed by atoms with Crippen molar-refractivity contribution < 1.29 is 9.59 Å². The maximum absolute atomic E-state index is 11.4. The number of piperidine rings is 1. The fraction of sp³-hybridized carbons (Fsp3) is 0.778. The van der Waals surface area contributed by atoms with Gasteiger partial charge in [0.2, 0.25) is 11.8 Å². The van der Waals surface area contributed by atoms with Crippen molar-refractivity contribution in [2.75, 3.05) is 13.1 Å². The number of nitrogens with two attached hydrogens (primary N) is 1. The second-order valence-corrected chi connectivity index (χ2v) is 3.77. The molecule has 4 nitrogen and oxygen atoms in total. The summed E-state index contributed by atoms with van der Waals surface area (Å²) in [6, 6.07) is 0. The number of hydrogen-bond donors (Lipinski definition) is 1. The molecule has 13 heavy (non-hydrogen) atoms. The summed E-state index contributed by atoms with van der Waals surface area (Å²) in [5, 5.41) is 0. The molecule has 0 aromatic carbocycles. The van der Waals surface area contributed by atoms with E-state index in [-0.39, 0.29) is 23.7 Å². The first-order valence-corrected chi connectivity index (χ1v) is 4.81. The van der Waals surface area contributed by atoms with Crippen molar-refractivity contribution in [1.82, 2.24) is 4.90 Å². The fourth-order valence-corrected chi connectivity index (χ4v) is 1.88. The smallest absolute Gasteiger partial charge is 0.233 e. The summed E-state index contributed by atoms with van der Waals surface area (Å²) in [5.41, 5.74) is 5.33. The third kappa shape index (κ3) is 1.35. The molecular weight excluding hydrogens is 168 g/mol. The van der Waals surface area contributed by atoms with E-state index >= 15 is 0 Å². The van der Waals surface area contributed by atoms with Crippen LogP contribution in [0.5, 0.6) is 0 Å². The Balaban J connectivity index is 1.86. The van der Waals surface area contributed by atoms with Crippen molar-refractivity contribution in [3.63, 3.8) is 0 Å². The molecule has 2 amide bonds. The highest BCUT2D eigenvalue weighted by Gasteiger charge is 2.58. The van der Waals surface area contributed by atoms with Gasteiger partial charge in [-0.15, -0.1) is 0 Å². The van der Waals surface area contributed by atoms with Gasteiger partial charge in [-0.25, -0.2) is 0 Å². The average Bonchev–Trinajstić information content (AvgIpc) is 2.85. The molecule has 0 aromatic rings. The minimum Gasteiger partial charge on any atom is -0.330 e. The van der Waals surface area contributed by atoms with Crippen LogP contribution in [-0.2, 0) is 9.59 Å². The number of nitrogens with zero attached hydrogens (tertiary/aromatic N) is 1. The van der Waals surface area contributed by atoms with Crippen LogP contribution < -0.4 is 5.73 Å². The number of unbranched alkanes of at least 4 members (excludes halogenated alkanes) is 1. The summed E-state index contributed by atoms with van der Waals surface area (Å²) in [4.78, 5) is 24.3. The van der Waals surface area contributed by atoms with Crippen LogP contribution in [0.15, 0.2) is 0 Å². The first kappa shape index (κ1) is 8.69. The minimum absolute atomic E-state index is 0.0466. The van der Waals surface area contributed by atoms with Gasteiger partial charge in [-0.05, 0) is 25.8 Å². The Morgan fingerprint density at radius 1 is 1.23 bits per heavy atom. The summed E-state index contributed by atoms with van der Waals surface area (Å²) in [6.45, 7) is 1.20. The quantitative estimate of drug-likeness (QED) is 0.481. The molecule has 1 aliphatic carbocycles. The van der Waals surface area contributed by atoms with Crippen LogP contribution in [0.1, 0.15) is 19.3 Å². The number of rotatable bonds is 4. The lowest BCUT2D eigenvalue weighted by atomic mass is 10.3. The lowest BCUT2D eigenvalue weighted by molar-refractivity contribution is -0.141. The molecule has 0 spiro atoms. The van der Waals surface area contributed by atoms with E-state index < -0.39 is 0 Å². The van der Waals surface area contributed by atoms with Crippen molar-refractivity contribution in [2.45, 2.75) is 19.3 Å². The molecule has 2 atom stereocenters. The van der Waals surface area contributed by atoms with Crippen molar-refractivity contribution in [1.29, 1.82) is 0 Å². The minimum atomic E-state index is 0.0466. The second-order valence-electron chi connectivity index (χ2n) is 3.77. The molecule has 2 fully saturated rings. The highest BCUT2D eigenvalue weighted by molar-refractivity contribution is 6.08. The Bertz CT molecular complexity index is 232. The first-order chi connectivity index (χ1) is 6.25. The molecule has 2 unspecified atom stereocenters. The van der Waals surface area contributed by atoms with E-state index in [1.807, 2.05) is 0 Å². The SMILES string of the molecule is NCCCCN1C(=O)C2CC2C1=O. The molecule has 2 N–H and O–H groups in total. The molecule has 2 aliphatic rings. The number of carbonyl (C=O) groups is 2. The third-order valence-corrected chi connectivity index (χ3v) is 2.79. The van der Waals surface area contributed by atoms with Crippen molar-refractivity contribution >= 4 is 11.8 Å². The molecule has 1 heterocycles. The zero-order chi connectivity index (χ0) is 9.42. The van der Waals surface area contributed by atoms with Gasteiger partial charge in [-0.2, -0.15) is 0 Å². The highest BCUT2D eigenvalue weighted by atomic mass is 16.2. The summed E-state index contributed by atoms with van der Waals surface area (Å²) in [6.07, 6.45) is 2.52. The summed E-state index contributed by atoms with van der Waals surface area (Å²) in [7, 11) is 0. The first-order valence-electron chi connectivity index (χ1n) is 4.81. The molecule has 0 bridgehead atoms. The molecular formula is C9H14N2O2. The maximum atomic E-state index is 11.4. The van der Waals surface area contributed by atoms with Gasteiger partial charge in [0, 0.05) is 6.54 Å². The number of amides is 2. The summed E-state index contributed by atoms with van der Waals surface area (Å²) >= 11 is 0. The Morgan fingerprint density at radius 2 is 1.85 bits per heavy atom. The van der Waals surface area contributed by atoms with Crippen molar-refractivity contribution in [2.24, 2.45) is 17.6 Å². The second kappa shape index (κ2) is 3.10. The lowest BCUT2D eigenvalue weighted by Crippen LogP contribution is -2.33. The summed E-state index contributed by atoms with van der Waals surface area (Å²) in [5.74, 6) is 0.190. The maximum Gasteiger partial charge on any atom is 0.233 e. The van der Waals surface area contributed by atoms with Gasteiger partial charge in [0.05, 0.1) is 11.8 Å². The lowest BCUT2D eigenvalue weighted by Gasteiger charge is -2.15. The Morgan fingerprint density at radius 3 is 2.38 bits per heavy atom.